The molecule has 0 bridgehead atoms. The van der Waals surface area contributed by atoms with Crippen molar-refractivity contribution >= 4 is 0 Å². The molecule has 1 aromatic rings. The smallest absolute Gasteiger partial charge is 0.263 e. The molecule has 0 aliphatic heterocycles. The Kier molecular flexibility index (Phi) is 4.45. The summed E-state index contributed by atoms with van der Waals surface area (Å²) in [5.41, 5.74) is 5.06. The number of ether oxygens (including phenoxy) is 1. The molecule has 0 unspecified atom stereocenters. The molecule has 15 heavy (non-hydrogen) atoms. The van der Waals surface area contributed by atoms with Crippen molar-refractivity contribution in [1.29, 1.82) is 0 Å². The molecule has 0 aliphatic rings. The van der Waals surface area contributed by atoms with Crippen LogP contribution in [0.2, 0.25) is 0 Å². The second kappa shape index (κ2) is 5.63. The average molecular weight is 217 g/mol. The Bertz CT molecular complexity index is 307. The highest BCUT2D eigenvalue weighted by atomic mass is 19.3. The van der Waals surface area contributed by atoms with Crippen molar-refractivity contribution in [2.24, 2.45) is 5.73 Å². The first-order valence-corrected chi connectivity index (χ1v) is 4.52. The van der Waals surface area contributed by atoms with E-state index < -0.39 is 12.5 Å². The van der Waals surface area contributed by atoms with Crippen LogP contribution in [0.1, 0.15) is 12.0 Å². The fourth-order valence-corrected chi connectivity index (χ4v) is 1.00. The monoisotopic (exact) mass is 217 g/mol. The molecule has 0 spiro atoms. The molecule has 3 nitrogen and oxygen atoms in total. The number of hydrogen-bond donors (Lipinski definition) is 2. The zero-order valence-electron chi connectivity index (χ0n) is 8.07. The van der Waals surface area contributed by atoms with Crippen molar-refractivity contribution in [1.82, 2.24) is 0 Å². The van der Waals surface area contributed by atoms with E-state index in [1.165, 1.54) is 18.2 Å². The number of alkyl halides is 2. The Hall–Kier alpha value is -1.20. The van der Waals surface area contributed by atoms with E-state index in [1.807, 2.05) is 0 Å². The van der Waals surface area contributed by atoms with Gasteiger partial charge >= 0.3 is 0 Å². The van der Waals surface area contributed by atoms with Gasteiger partial charge < -0.3 is 15.6 Å². The van der Waals surface area contributed by atoms with Crippen LogP contribution >= 0.6 is 0 Å². The minimum atomic E-state index is -2.52. The molecule has 0 saturated heterocycles. The number of aliphatic hydroxyl groups is 1. The van der Waals surface area contributed by atoms with E-state index in [1.54, 1.807) is 6.07 Å². The van der Waals surface area contributed by atoms with Gasteiger partial charge in [-0.2, -0.15) is 0 Å². The fourth-order valence-electron chi connectivity index (χ4n) is 1.00. The van der Waals surface area contributed by atoms with Crippen molar-refractivity contribution in [2.75, 3.05) is 13.2 Å². The molecule has 0 aliphatic carbocycles. The Morgan fingerprint density at radius 1 is 1.40 bits per heavy atom. The van der Waals surface area contributed by atoms with Gasteiger partial charge in [-0.05, 0) is 12.1 Å². The summed E-state index contributed by atoms with van der Waals surface area (Å²) in [5, 5.41) is 9.10. The number of benzene rings is 1. The summed E-state index contributed by atoms with van der Waals surface area (Å²) in [4.78, 5) is 0. The summed E-state index contributed by atoms with van der Waals surface area (Å²) in [6, 6.07) is 5.59. The zero-order valence-corrected chi connectivity index (χ0v) is 8.07. The topological polar surface area (TPSA) is 55.5 Å². The summed E-state index contributed by atoms with van der Waals surface area (Å²) in [6.07, 6.45) is -3.30. The first-order valence-electron chi connectivity index (χ1n) is 4.52. The Morgan fingerprint density at radius 3 is 2.73 bits per heavy atom. The Labute approximate surface area is 86.5 Å². The van der Waals surface area contributed by atoms with Gasteiger partial charge in [0.25, 0.3) is 6.43 Å². The molecular weight excluding hydrogens is 204 g/mol. The lowest BCUT2D eigenvalue weighted by atomic mass is 10.2. The predicted octanol–water partition coefficient (Wildman–Crippen LogP) is 1.32. The molecule has 0 aromatic heterocycles. The standard InChI is InChI=1S/C10H13F2NO2/c11-10(12)7-2-1-3-9(4-7)15-6-8(14)5-13/h1-4,8,10,14H,5-6,13H2/t8-/m0/s1. The van der Waals surface area contributed by atoms with Crippen LogP contribution in [-0.2, 0) is 0 Å². The van der Waals surface area contributed by atoms with Gasteiger partial charge in [0.05, 0.1) is 0 Å². The molecule has 0 heterocycles. The molecule has 1 aromatic carbocycles. The lowest BCUT2D eigenvalue weighted by molar-refractivity contribution is 0.113. The minimum Gasteiger partial charge on any atom is -0.491 e. The molecule has 1 atom stereocenters. The van der Waals surface area contributed by atoms with Gasteiger partial charge in [-0.15, -0.1) is 0 Å². The molecule has 0 radical (unpaired) electrons. The van der Waals surface area contributed by atoms with E-state index in [4.69, 9.17) is 15.6 Å². The molecule has 0 fully saturated rings. The minimum absolute atomic E-state index is 0.00317. The second-order valence-corrected chi connectivity index (χ2v) is 3.07. The van der Waals surface area contributed by atoms with E-state index in [0.717, 1.165) is 0 Å². The quantitative estimate of drug-likeness (QED) is 0.782. The van der Waals surface area contributed by atoms with Crippen molar-refractivity contribution in [2.45, 2.75) is 12.5 Å². The van der Waals surface area contributed by atoms with Crippen molar-refractivity contribution in [3.05, 3.63) is 29.8 Å². The van der Waals surface area contributed by atoms with E-state index in [2.05, 4.69) is 0 Å². The third-order valence-corrected chi connectivity index (χ3v) is 1.82. The molecule has 84 valence electrons. The van der Waals surface area contributed by atoms with Crippen molar-refractivity contribution < 1.29 is 18.6 Å². The molecule has 1 rings (SSSR count). The maximum absolute atomic E-state index is 12.3. The van der Waals surface area contributed by atoms with Crippen LogP contribution in [0.15, 0.2) is 24.3 Å². The largest absolute Gasteiger partial charge is 0.491 e. The van der Waals surface area contributed by atoms with Crippen LogP contribution in [0.5, 0.6) is 5.75 Å². The van der Waals surface area contributed by atoms with Gasteiger partial charge in [0.15, 0.2) is 0 Å². The second-order valence-electron chi connectivity index (χ2n) is 3.07. The van der Waals surface area contributed by atoms with Crippen molar-refractivity contribution in [3.8, 4) is 5.75 Å². The molecule has 0 amide bonds. The van der Waals surface area contributed by atoms with Crippen LogP contribution < -0.4 is 10.5 Å². The first-order chi connectivity index (χ1) is 7.13. The summed E-state index contributed by atoms with van der Waals surface area (Å²) in [7, 11) is 0. The van der Waals surface area contributed by atoms with Gasteiger partial charge in [0, 0.05) is 12.1 Å². The summed E-state index contributed by atoms with van der Waals surface area (Å²) >= 11 is 0. The lowest BCUT2D eigenvalue weighted by Crippen LogP contribution is -2.26. The third kappa shape index (κ3) is 3.81. The normalized spacial score (nSPS) is 12.9. The highest BCUT2D eigenvalue weighted by molar-refractivity contribution is 5.29. The molecule has 3 N–H and O–H groups in total. The van der Waals surface area contributed by atoms with Crippen LogP contribution in [0.3, 0.4) is 0 Å². The predicted molar refractivity (Wildman–Crippen MR) is 52.0 cm³/mol. The maximum atomic E-state index is 12.3. The molecule has 0 saturated carbocycles. The highest BCUT2D eigenvalue weighted by Gasteiger charge is 2.08. The van der Waals surface area contributed by atoms with E-state index in [-0.39, 0.29) is 18.7 Å². The SMILES string of the molecule is NC[C@H](O)COc1cccc(C(F)F)c1. The van der Waals surface area contributed by atoms with E-state index in [0.29, 0.717) is 5.75 Å². The van der Waals surface area contributed by atoms with E-state index in [9.17, 15) is 8.78 Å². The van der Waals surface area contributed by atoms with Crippen LogP contribution in [0.25, 0.3) is 0 Å². The first kappa shape index (κ1) is 11.9. The fraction of sp³-hybridized carbons (Fsp3) is 0.400. The van der Waals surface area contributed by atoms with Gasteiger partial charge in [-0.25, -0.2) is 8.78 Å². The zero-order chi connectivity index (χ0) is 11.3. The summed E-state index contributed by atoms with van der Waals surface area (Å²) in [6.45, 7) is 0.0811. The summed E-state index contributed by atoms with van der Waals surface area (Å²) in [5.74, 6) is 0.306. The third-order valence-electron chi connectivity index (χ3n) is 1.82. The number of rotatable bonds is 5. The van der Waals surface area contributed by atoms with Crippen molar-refractivity contribution in [3.63, 3.8) is 0 Å². The van der Waals surface area contributed by atoms with Crippen LogP contribution in [-0.4, -0.2) is 24.4 Å². The Balaban J connectivity index is 2.58. The molecular formula is C10H13F2NO2. The van der Waals surface area contributed by atoms with Gasteiger partial charge in [0.1, 0.15) is 18.5 Å². The summed E-state index contributed by atoms with van der Waals surface area (Å²) < 4.78 is 29.7. The number of halogens is 2. The van der Waals surface area contributed by atoms with E-state index >= 15 is 0 Å². The highest BCUT2D eigenvalue weighted by Crippen LogP contribution is 2.22. The number of aliphatic hydroxyl groups excluding tert-OH is 1. The number of nitrogens with two attached hydrogens (primary N) is 1. The Morgan fingerprint density at radius 2 is 2.13 bits per heavy atom. The average Bonchev–Trinajstić information content (AvgIpc) is 2.26. The van der Waals surface area contributed by atoms with Crippen LogP contribution in [0, 0.1) is 0 Å². The lowest BCUT2D eigenvalue weighted by Gasteiger charge is -2.10. The van der Waals surface area contributed by atoms with Gasteiger partial charge in [-0.1, -0.05) is 12.1 Å². The number of hydrogen-bond acceptors (Lipinski definition) is 3. The molecule has 5 heteroatoms. The maximum Gasteiger partial charge on any atom is 0.263 e. The van der Waals surface area contributed by atoms with Gasteiger partial charge in [-0.3, -0.25) is 0 Å². The van der Waals surface area contributed by atoms with Crippen LogP contribution in [0.4, 0.5) is 8.78 Å². The van der Waals surface area contributed by atoms with Gasteiger partial charge in [0.2, 0.25) is 0 Å².